The van der Waals surface area contributed by atoms with E-state index in [0.29, 0.717) is 11.4 Å². The van der Waals surface area contributed by atoms with Crippen LogP contribution in [-0.2, 0) is 0 Å². The first-order chi connectivity index (χ1) is 6.69. The van der Waals surface area contributed by atoms with Gasteiger partial charge in [-0.15, -0.1) is 0 Å². The Kier molecular flexibility index (Phi) is 3.12. The monoisotopic (exact) mass is 190 g/mol. The summed E-state index contributed by atoms with van der Waals surface area (Å²) in [5.41, 5.74) is 1.28. The minimum atomic E-state index is -0.984. The highest BCUT2D eigenvalue weighted by atomic mass is 16.4. The zero-order valence-corrected chi connectivity index (χ0v) is 7.77. The Labute approximate surface area is 81.6 Å². The Morgan fingerprint density at radius 2 is 2.21 bits per heavy atom. The summed E-state index contributed by atoms with van der Waals surface area (Å²) in [5.74, 6) is -0.984. The molecule has 0 bridgehead atoms. The minimum Gasteiger partial charge on any atom is -0.478 e. The van der Waals surface area contributed by atoms with Crippen molar-refractivity contribution in [1.82, 2.24) is 0 Å². The predicted octanol–water partition coefficient (Wildman–Crippen LogP) is 2.44. The van der Waals surface area contributed by atoms with Gasteiger partial charge in [-0.3, -0.25) is 9.98 Å². The highest BCUT2D eigenvalue weighted by molar-refractivity contribution is 5.90. The lowest BCUT2D eigenvalue weighted by molar-refractivity contribution is 0.0697. The number of aliphatic imine (C=N–C) groups is 2. The van der Waals surface area contributed by atoms with Gasteiger partial charge in [0.15, 0.2) is 0 Å². The topological polar surface area (TPSA) is 62.0 Å². The van der Waals surface area contributed by atoms with E-state index >= 15 is 0 Å². The van der Waals surface area contributed by atoms with E-state index in [9.17, 15) is 4.79 Å². The maximum absolute atomic E-state index is 10.6. The van der Waals surface area contributed by atoms with Crippen LogP contribution >= 0.6 is 0 Å². The Hall–Kier alpha value is -1.97. The van der Waals surface area contributed by atoms with Crippen molar-refractivity contribution in [3.8, 4) is 0 Å². The summed E-state index contributed by atoms with van der Waals surface area (Å²) < 4.78 is 0. The van der Waals surface area contributed by atoms with Gasteiger partial charge in [0.25, 0.3) is 0 Å². The highest BCUT2D eigenvalue weighted by Gasteiger charge is 2.05. The van der Waals surface area contributed by atoms with Crippen LogP contribution in [0.15, 0.2) is 28.2 Å². The number of carbonyl (C=O) groups is 1. The molecule has 0 atom stereocenters. The molecule has 0 amide bonds. The molecule has 0 heterocycles. The summed E-state index contributed by atoms with van der Waals surface area (Å²) in [5, 5.41) is 8.73. The van der Waals surface area contributed by atoms with Gasteiger partial charge in [0.2, 0.25) is 0 Å². The second kappa shape index (κ2) is 4.32. The molecule has 1 aromatic rings. The standard InChI is InChI=1S/C10H10N2O2/c1-3-12-8-5-4-7(10(13)14)6-9(8)11-2/h3-6H,2H2,1H3,(H,13,14). The largest absolute Gasteiger partial charge is 0.478 e. The molecule has 4 heteroatoms. The van der Waals surface area contributed by atoms with Crippen LogP contribution in [0.1, 0.15) is 17.3 Å². The van der Waals surface area contributed by atoms with Crippen molar-refractivity contribution in [2.75, 3.05) is 0 Å². The van der Waals surface area contributed by atoms with Crippen LogP contribution in [0.4, 0.5) is 11.4 Å². The number of benzene rings is 1. The van der Waals surface area contributed by atoms with Gasteiger partial charge in [-0.1, -0.05) is 0 Å². The van der Waals surface area contributed by atoms with Crippen molar-refractivity contribution in [3.05, 3.63) is 23.8 Å². The minimum absolute atomic E-state index is 0.183. The van der Waals surface area contributed by atoms with Crippen molar-refractivity contribution in [3.63, 3.8) is 0 Å². The molecular weight excluding hydrogens is 180 g/mol. The van der Waals surface area contributed by atoms with Crippen LogP contribution in [0, 0.1) is 0 Å². The van der Waals surface area contributed by atoms with E-state index in [0.717, 1.165) is 0 Å². The van der Waals surface area contributed by atoms with Gasteiger partial charge >= 0.3 is 5.97 Å². The van der Waals surface area contributed by atoms with Crippen molar-refractivity contribution < 1.29 is 9.90 Å². The number of hydrogen-bond donors (Lipinski definition) is 1. The molecule has 4 nitrogen and oxygen atoms in total. The summed E-state index contributed by atoms with van der Waals surface area (Å²) >= 11 is 0. The number of aromatic carboxylic acids is 1. The smallest absolute Gasteiger partial charge is 0.335 e. The fourth-order valence-corrected chi connectivity index (χ4v) is 1.03. The van der Waals surface area contributed by atoms with Crippen LogP contribution in [0.2, 0.25) is 0 Å². The molecule has 0 aliphatic heterocycles. The SMILES string of the molecule is C=Nc1cc(C(=O)O)ccc1N=CC. The maximum atomic E-state index is 10.6. The number of hydrogen-bond acceptors (Lipinski definition) is 3. The van der Waals surface area contributed by atoms with E-state index in [4.69, 9.17) is 5.11 Å². The third kappa shape index (κ3) is 2.04. The van der Waals surface area contributed by atoms with E-state index < -0.39 is 5.97 Å². The molecule has 0 spiro atoms. The number of carboxylic acids is 1. The van der Waals surface area contributed by atoms with E-state index in [1.54, 1.807) is 19.2 Å². The number of rotatable bonds is 3. The molecule has 0 saturated heterocycles. The first-order valence-corrected chi connectivity index (χ1v) is 4.01. The Morgan fingerprint density at radius 1 is 1.50 bits per heavy atom. The quantitative estimate of drug-likeness (QED) is 0.744. The lowest BCUT2D eigenvalue weighted by Gasteiger charge is -2.00. The van der Waals surface area contributed by atoms with Crippen molar-refractivity contribution >= 4 is 30.3 Å². The average Bonchev–Trinajstić information content (AvgIpc) is 2.18. The highest BCUT2D eigenvalue weighted by Crippen LogP contribution is 2.28. The van der Waals surface area contributed by atoms with Crippen LogP contribution < -0.4 is 0 Å². The molecule has 0 aliphatic carbocycles. The molecule has 0 saturated carbocycles. The van der Waals surface area contributed by atoms with E-state index in [2.05, 4.69) is 16.7 Å². The van der Waals surface area contributed by atoms with Gasteiger partial charge in [0, 0.05) is 6.21 Å². The van der Waals surface area contributed by atoms with E-state index in [-0.39, 0.29) is 5.56 Å². The number of carboxylic acid groups (broad SMARTS) is 1. The summed E-state index contributed by atoms with van der Waals surface area (Å²) in [6, 6.07) is 4.53. The van der Waals surface area contributed by atoms with Crippen LogP contribution in [0.5, 0.6) is 0 Å². The summed E-state index contributed by atoms with van der Waals surface area (Å²) in [4.78, 5) is 18.4. The molecule has 14 heavy (non-hydrogen) atoms. The molecule has 72 valence electrons. The summed E-state index contributed by atoms with van der Waals surface area (Å²) in [6.07, 6.45) is 1.62. The van der Waals surface area contributed by atoms with E-state index in [1.165, 1.54) is 12.1 Å². The molecule has 0 unspecified atom stereocenters. The van der Waals surface area contributed by atoms with Crippen LogP contribution in [0.3, 0.4) is 0 Å². The van der Waals surface area contributed by atoms with Gasteiger partial charge in [-0.05, 0) is 31.8 Å². The Balaban J connectivity index is 3.24. The van der Waals surface area contributed by atoms with Gasteiger partial charge in [-0.25, -0.2) is 4.79 Å². The van der Waals surface area contributed by atoms with Crippen molar-refractivity contribution in [2.45, 2.75) is 6.92 Å². The van der Waals surface area contributed by atoms with Gasteiger partial charge in [0.05, 0.1) is 16.9 Å². The van der Waals surface area contributed by atoms with Crippen LogP contribution in [0.25, 0.3) is 0 Å². The Morgan fingerprint density at radius 3 is 2.71 bits per heavy atom. The molecule has 1 rings (SSSR count). The summed E-state index contributed by atoms with van der Waals surface area (Å²) in [6.45, 7) is 5.13. The lowest BCUT2D eigenvalue weighted by atomic mass is 10.2. The fourth-order valence-electron chi connectivity index (χ4n) is 1.03. The molecule has 0 aromatic heterocycles. The zero-order valence-electron chi connectivity index (χ0n) is 7.77. The van der Waals surface area contributed by atoms with Gasteiger partial charge in [-0.2, -0.15) is 0 Å². The van der Waals surface area contributed by atoms with Crippen molar-refractivity contribution in [1.29, 1.82) is 0 Å². The second-order valence-corrected chi connectivity index (χ2v) is 2.55. The molecule has 0 aliphatic rings. The first kappa shape index (κ1) is 10.1. The molecule has 0 fully saturated rings. The molecule has 1 N–H and O–H groups in total. The Bertz CT molecular complexity index is 397. The average molecular weight is 190 g/mol. The first-order valence-electron chi connectivity index (χ1n) is 4.01. The molecule has 0 radical (unpaired) electrons. The normalized spacial score (nSPS) is 10.4. The maximum Gasteiger partial charge on any atom is 0.335 e. The molecular formula is C10H10N2O2. The van der Waals surface area contributed by atoms with E-state index in [1.807, 2.05) is 0 Å². The second-order valence-electron chi connectivity index (χ2n) is 2.55. The van der Waals surface area contributed by atoms with Gasteiger partial charge < -0.3 is 5.11 Å². The molecule has 1 aromatic carbocycles. The summed E-state index contributed by atoms with van der Waals surface area (Å²) in [7, 11) is 0. The van der Waals surface area contributed by atoms with Gasteiger partial charge in [0.1, 0.15) is 0 Å². The number of nitrogens with zero attached hydrogens (tertiary/aromatic N) is 2. The van der Waals surface area contributed by atoms with Crippen LogP contribution in [-0.4, -0.2) is 24.0 Å². The third-order valence-electron chi connectivity index (χ3n) is 1.66. The fraction of sp³-hybridized carbons (Fsp3) is 0.100. The third-order valence-corrected chi connectivity index (χ3v) is 1.66. The predicted molar refractivity (Wildman–Crippen MR) is 56.4 cm³/mol. The lowest BCUT2D eigenvalue weighted by Crippen LogP contribution is -1.94. The van der Waals surface area contributed by atoms with Crippen molar-refractivity contribution in [2.24, 2.45) is 9.98 Å². The zero-order chi connectivity index (χ0) is 10.6.